The van der Waals surface area contributed by atoms with E-state index in [1.54, 1.807) is 0 Å². The molecule has 0 aliphatic heterocycles. The third kappa shape index (κ3) is 2.99. The molecular formula is C8F14. The molecule has 0 saturated carbocycles. The zero-order chi connectivity index (χ0) is 18.3. The van der Waals surface area contributed by atoms with Gasteiger partial charge < -0.3 is 0 Å². The first kappa shape index (κ1) is 20.5. The summed E-state index contributed by atoms with van der Waals surface area (Å²) in [5, 5.41) is 0. The van der Waals surface area contributed by atoms with E-state index in [2.05, 4.69) is 0 Å². The van der Waals surface area contributed by atoms with E-state index < -0.39 is 47.5 Å². The number of halogens is 14. The molecule has 0 spiro atoms. The fourth-order valence-electron chi connectivity index (χ4n) is 0.830. The van der Waals surface area contributed by atoms with Crippen LogP contribution < -0.4 is 0 Å². The Kier molecular flexibility index (Phi) is 5.22. The Hall–Kier alpha value is -1.50. The van der Waals surface area contributed by atoms with Crippen molar-refractivity contribution in [3.63, 3.8) is 0 Å². The highest BCUT2D eigenvalue weighted by Crippen LogP contribution is 2.56. The molecule has 0 N–H and O–H groups in total. The molecule has 0 rings (SSSR count). The molecule has 0 heterocycles. The zero-order valence-electron chi connectivity index (χ0n) is 9.29. The summed E-state index contributed by atoms with van der Waals surface area (Å²) < 4.78 is 170. The Balaban J connectivity index is 6.25. The van der Waals surface area contributed by atoms with Gasteiger partial charge in [0.25, 0.3) is 0 Å². The lowest BCUT2D eigenvalue weighted by Crippen LogP contribution is -2.61. The van der Waals surface area contributed by atoms with E-state index in [0.717, 1.165) is 0 Å². The lowest BCUT2D eigenvalue weighted by Gasteiger charge is -2.32. The van der Waals surface area contributed by atoms with Crippen molar-refractivity contribution in [3.8, 4) is 0 Å². The molecule has 0 aromatic rings. The van der Waals surface area contributed by atoms with Gasteiger partial charge in [-0.15, -0.1) is 0 Å². The van der Waals surface area contributed by atoms with Gasteiger partial charge >= 0.3 is 30.0 Å². The zero-order valence-corrected chi connectivity index (χ0v) is 9.29. The summed E-state index contributed by atoms with van der Waals surface area (Å²) in [6.45, 7) is 0. The molecule has 0 radical (unpaired) electrons. The van der Waals surface area contributed by atoms with Gasteiger partial charge in [0.2, 0.25) is 17.5 Å². The molecule has 0 saturated heterocycles. The van der Waals surface area contributed by atoms with Crippen LogP contribution in [-0.4, -0.2) is 23.9 Å². The maximum absolute atomic E-state index is 12.7. The number of rotatable bonds is 4. The summed E-state index contributed by atoms with van der Waals surface area (Å²) in [6, 6.07) is 0. The van der Waals surface area contributed by atoms with E-state index >= 15 is 0 Å². The number of alkyl halides is 9. The van der Waals surface area contributed by atoms with Crippen molar-refractivity contribution in [1.29, 1.82) is 0 Å². The number of hydrogen-bond donors (Lipinski definition) is 0. The minimum Gasteiger partial charge on any atom is -0.201 e. The fourth-order valence-corrected chi connectivity index (χ4v) is 0.830. The van der Waals surface area contributed by atoms with E-state index in [1.807, 2.05) is 0 Å². The topological polar surface area (TPSA) is 0 Å². The summed E-state index contributed by atoms with van der Waals surface area (Å²) in [7, 11) is 0. The first-order valence-electron chi connectivity index (χ1n) is 4.40. The summed E-state index contributed by atoms with van der Waals surface area (Å²) >= 11 is 0. The molecule has 0 nitrogen and oxygen atoms in total. The summed E-state index contributed by atoms with van der Waals surface area (Å²) in [6.07, 6.45) is -11.2. The highest BCUT2D eigenvalue weighted by Gasteiger charge is 2.83. The molecule has 0 aromatic carbocycles. The first-order valence-corrected chi connectivity index (χ1v) is 4.40. The molecule has 0 aromatic heterocycles. The first-order chi connectivity index (χ1) is 9.43. The van der Waals surface area contributed by atoms with Crippen molar-refractivity contribution in [2.24, 2.45) is 0 Å². The minimum absolute atomic E-state index is 3.77. The second-order valence-electron chi connectivity index (χ2n) is 3.42. The average Bonchev–Trinajstić information content (AvgIpc) is 2.33. The van der Waals surface area contributed by atoms with Crippen LogP contribution in [0.25, 0.3) is 0 Å². The predicted molar refractivity (Wildman–Crippen MR) is 40.5 cm³/mol. The molecule has 0 aliphatic carbocycles. The van der Waals surface area contributed by atoms with Gasteiger partial charge in [-0.1, -0.05) is 0 Å². The maximum atomic E-state index is 12.7. The lowest BCUT2D eigenvalue weighted by atomic mass is 10.0. The Morgan fingerprint density at radius 3 is 1.14 bits per heavy atom. The lowest BCUT2D eigenvalue weighted by molar-refractivity contribution is -0.391. The van der Waals surface area contributed by atoms with Gasteiger partial charge in [0.05, 0.1) is 0 Å². The van der Waals surface area contributed by atoms with Crippen LogP contribution in [-0.2, 0) is 0 Å². The molecule has 0 amide bonds. The van der Waals surface area contributed by atoms with E-state index in [-0.39, 0.29) is 0 Å². The molecule has 0 bridgehead atoms. The molecule has 14 heteroatoms. The second kappa shape index (κ2) is 5.61. The molecule has 130 valence electrons. The van der Waals surface area contributed by atoms with E-state index in [9.17, 15) is 61.5 Å². The third-order valence-electron chi connectivity index (χ3n) is 1.97. The van der Waals surface area contributed by atoms with E-state index in [0.29, 0.717) is 0 Å². The van der Waals surface area contributed by atoms with Gasteiger partial charge in [-0.2, -0.15) is 52.7 Å². The predicted octanol–water partition coefficient (Wildman–Crippen LogP) is 5.68. The Morgan fingerprint density at radius 1 is 0.500 bits per heavy atom. The van der Waals surface area contributed by atoms with Gasteiger partial charge in [-0.25, -0.2) is 8.78 Å². The van der Waals surface area contributed by atoms with Crippen molar-refractivity contribution >= 4 is 0 Å². The Labute approximate surface area is 110 Å². The van der Waals surface area contributed by atoms with Gasteiger partial charge in [0, 0.05) is 0 Å². The fraction of sp³-hybridized carbons (Fsp3) is 0.500. The minimum atomic E-state index is -7.65. The van der Waals surface area contributed by atoms with E-state index in [1.165, 1.54) is 0 Å². The van der Waals surface area contributed by atoms with Crippen LogP contribution in [0.3, 0.4) is 0 Å². The molecule has 0 aliphatic rings. The van der Waals surface area contributed by atoms with Gasteiger partial charge in [0.1, 0.15) is 0 Å². The number of hydrogen-bond acceptors (Lipinski definition) is 0. The van der Waals surface area contributed by atoms with Gasteiger partial charge in [0.15, 0.2) is 0 Å². The molecular weight excluding hydrogens is 362 g/mol. The second-order valence-corrected chi connectivity index (χ2v) is 3.42. The van der Waals surface area contributed by atoms with E-state index in [4.69, 9.17) is 0 Å². The van der Waals surface area contributed by atoms with Crippen LogP contribution in [0.1, 0.15) is 0 Å². The average molecular weight is 362 g/mol. The highest BCUT2D eigenvalue weighted by molar-refractivity contribution is 5.28. The standard InChI is InChI=1S/C8F14/c9-1(2(10)4(12)13)3(11)5(14,15)6(16,17)7(18,19)8(20,21)22. The highest BCUT2D eigenvalue weighted by atomic mass is 19.4. The van der Waals surface area contributed by atoms with Crippen LogP contribution in [0.2, 0.25) is 0 Å². The maximum Gasteiger partial charge on any atom is 0.460 e. The summed E-state index contributed by atoms with van der Waals surface area (Å²) in [4.78, 5) is 0. The van der Waals surface area contributed by atoms with Crippen LogP contribution in [0.15, 0.2) is 23.6 Å². The van der Waals surface area contributed by atoms with Crippen molar-refractivity contribution in [2.45, 2.75) is 23.9 Å². The Morgan fingerprint density at radius 2 is 0.864 bits per heavy atom. The molecule has 0 fully saturated rings. The van der Waals surface area contributed by atoms with Crippen molar-refractivity contribution in [2.75, 3.05) is 0 Å². The smallest absolute Gasteiger partial charge is 0.201 e. The van der Waals surface area contributed by atoms with Crippen LogP contribution >= 0.6 is 0 Å². The largest absolute Gasteiger partial charge is 0.460 e. The van der Waals surface area contributed by atoms with Gasteiger partial charge in [-0.05, 0) is 0 Å². The summed E-state index contributed by atoms with van der Waals surface area (Å²) in [5.74, 6) is -34.9. The van der Waals surface area contributed by atoms with Crippen molar-refractivity contribution in [3.05, 3.63) is 23.6 Å². The Bertz CT molecular complexity index is 487. The van der Waals surface area contributed by atoms with Crippen LogP contribution in [0.5, 0.6) is 0 Å². The van der Waals surface area contributed by atoms with Crippen molar-refractivity contribution in [1.82, 2.24) is 0 Å². The summed E-state index contributed by atoms with van der Waals surface area (Å²) in [5.41, 5.74) is 0. The monoisotopic (exact) mass is 362 g/mol. The number of allylic oxidation sites excluding steroid dienone is 3. The van der Waals surface area contributed by atoms with Crippen LogP contribution in [0.4, 0.5) is 61.5 Å². The molecule has 22 heavy (non-hydrogen) atoms. The van der Waals surface area contributed by atoms with Crippen molar-refractivity contribution < 1.29 is 61.5 Å². The SMILES string of the molecule is FC(F)=C(F)C(F)=C(F)C(F)(F)C(F)(F)C(F)(F)C(F)(F)F. The molecule has 0 atom stereocenters. The quantitative estimate of drug-likeness (QED) is 0.446. The third-order valence-corrected chi connectivity index (χ3v) is 1.97. The van der Waals surface area contributed by atoms with Crippen LogP contribution in [0, 0.1) is 0 Å². The van der Waals surface area contributed by atoms with Gasteiger partial charge in [-0.3, -0.25) is 0 Å². The normalized spacial score (nSPS) is 15.5. The molecule has 0 unspecified atom stereocenters.